The highest BCUT2D eigenvalue weighted by molar-refractivity contribution is 6.35. The molecule has 1 fully saturated rings. The predicted molar refractivity (Wildman–Crippen MR) is 60.4 cm³/mol. The number of halogens is 3. The van der Waals surface area contributed by atoms with Gasteiger partial charge in [0.1, 0.15) is 0 Å². The molecule has 0 saturated carbocycles. The predicted octanol–water partition coefficient (Wildman–Crippen LogP) is 3.34. The van der Waals surface area contributed by atoms with Crippen LogP contribution in [-0.2, 0) is 4.74 Å². The first-order valence-electron chi connectivity index (χ1n) is 5.02. The summed E-state index contributed by atoms with van der Waals surface area (Å²) in [6.07, 6.45) is 0.456. The van der Waals surface area contributed by atoms with Crippen LogP contribution in [0.2, 0.25) is 10.0 Å². The SMILES string of the molecule is OC1CCOC(c2cc(Cl)c(F)c(Cl)c2)C1. The highest BCUT2D eigenvalue weighted by atomic mass is 35.5. The van der Waals surface area contributed by atoms with Crippen molar-refractivity contribution in [3.63, 3.8) is 0 Å². The molecule has 0 aliphatic carbocycles. The van der Waals surface area contributed by atoms with Crippen LogP contribution in [0.3, 0.4) is 0 Å². The van der Waals surface area contributed by atoms with Gasteiger partial charge < -0.3 is 9.84 Å². The summed E-state index contributed by atoms with van der Waals surface area (Å²) in [4.78, 5) is 0. The van der Waals surface area contributed by atoms with E-state index >= 15 is 0 Å². The van der Waals surface area contributed by atoms with Gasteiger partial charge in [0.05, 0.1) is 22.3 Å². The van der Waals surface area contributed by atoms with Gasteiger partial charge in [-0.15, -0.1) is 0 Å². The average Bonchev–Trinajstić information content (AvgIpc) is 2.25. The zero-order valence-corrected chi connectivity index (χ0v) is 9.93. The molecule has 0 bridgehead atoms. The second-order valence-corrected chi connectivity index (χ2v) is 4.65. The molecular formula is C11H11Cl2FO2. The van der Waals surface area contributed by atoms with Gasteiger partial charge in [-0.25, -0.2) is 4.39 Å². The fourth-order valence-electron chi connectivity index (χ4n) is 1.77. The molecule has 1 N–H and O–H groups in total. The van der Waals surface area contributed by atoms with Crippen LogP contribution in [0.15, 0.2) is 12.1 Å². The number of aliphatic hydroxyl groups is 1. The van der Waals surface area contributed by atoms with Gasteiger partial charge in [-0.1, -0.05) is 23.2 Å². The zero-order valence-electron chi connectivity index (χ0n) is 8.42. The molecule has 2 unspecified atom stereocenters. The van der Waals surface area contributed by atoms with Crippen molar-refractivity contribution in [3.05, 3.63) is 33.6 Å². The van der Waals surface area contributed by atoms with Crippen molar-refractivity contribution < 1.29 is 14.2 Å². The summed E-state index contributed by atoms with van der Waals surface area (Å²) >= 11 is 11.4. The largest absolute Gasteiger partial charge is 0.393 e. The molecule has 0 aromatic heterocycles. The number of hydrogen-bond acceptors (Lipinski definition) is 2. The lowest BCUT2D eigenvalue weighted by Gasteiger charge is -2.27. The van der Waals surface area contributed by atoms with E-state index in [2.05, 4.69) is 0 Å². The molecule has 0 amide bonds. The van der Waals surface area contributed by atoms with Crippen molar-refractivity contribution in [2.75, 3.05) is 6.61 Å². The Morgan fingerprint density at radius 3 is 2.50 bits per heavy atom. The van der Waals surface area contributed by atoms with E-state index in [1.54, 1.807) is 0 Å². The van der Waals surface area contributed by atoms with Crippen LogP contribution >= 0.6 is 23.2 Å². The maximum absolute atomic E-state index is 13.2. The van der Waals surface area contributed by atoms with E-state index in [9.17, 15) is 9.50 Å². The quantitative estimate of drug-likeness (QED) is 0.789. The van der Waals surface area contributed by atoms with Gasteiger partial charge in [-0.3, -0.25) is 0 Å². The Balaban J connectivity index is 2.26. The van der Waals surface area contributed by atoms with Gasteiger partial charge >= 0.3 is 0 Å². The molecule has 16 heavy (non-hydrogen) atoms. The maximum Gasteiger partial charge on any atom is 0.160 e. The molecule has 1 saturated heterocycles. The Kier molecular flexibility index (Phi) is 3.70. The lowest BCUT2D eigenvalue weighted by Crippen LogP contribution is -2.23. The highest BCUT2D eigenvalue weighted by Gasteiger charge is 2.23. The van der Waals surface area contributed by atoms with E-state index in [0.29, 0.717) is 25.0 Å². The molecule has 5 heteroatoms. The van der Waals surface area contributed by atoms with Crippen molar-refractivity contribution >= 4 is 23.2 Å². The van der Waals surface area contributed by atoms with Crippen LogP contribution in [0.4, 0.5) is 4.39 Å². The van der Waals surface area contributed by atoms with Crippen LogP contribution in [0.25, 0.3) is 0 Å². The smallest absolute Gasteiger partial charge is 0.160 e. The van der Waals surface area contributed by atoms with Crippen molar-refractivity contribution in [1.29, 1.82) is 0 Å². The second kappa shape index (κ2) is 4.88. The Hall–Kier alpha value is -0.350. The van der Waals surface area contributed by atoms with Gasteiger partial charge in [0.2, 0.25) is 0 Å². The van der Waals surface area contributed by atoms with Crippen LogP contribution < -0.4 is 0 Å². The van der Waals surface area contributed by atoms with Crippen LogP contribution in [0.1, 0.15) is 24.5 Å². The number of benzene rings is 1. The van der Waals surface area contributed by atoms with E-state index in [-0.39, 0.29) is 22.3 Å². The zero-order chi connectivity index (χ0) is 11.7. The first-order chi connectivity index (χ1) is 7.58. The summed E-state index contributed by atoms with van der Waals surface area (Å²) in [6.45, 7) is 0.485. The van der Waals surface area contributed by atoms with Gasteiger partial charge in [-0.2, -0.15) is 0 Å². The highest BCUT2D eigenvalue weighted by Crippen LogP contribution is 2.33. The third-order valence-electron chi connectivity index (χ3n) is 2.63. The van der Waals surface area contributed by atoms with E-state index in [4.69, 9.17) is 27.9 Å². The standard InChI is InChI=1S/C11H11Cl2FO2/c12-8-3-6(4-9(13)11(8)14)10-5-7(15)1-2-16-10/h3-4,7,10,15H,1-2,5H2. The minimum Gasteiger partial charge on any atom is -0.393 e. The van der Waals surface area contributed by atoms with E-state index in [0.717, 1.165) is 0 Å². The van der Waals surface area contributed by atoms with E-state index < -0.39 is 5.82 Å². The second-order valence-electron chi connectivity index (χ2n) is 3.84. The summed E-state index contributed by atoms with van der Waals surface area (Å²) in [7, 11) is 0. The molecule has 2 nitrogen and oxygen atoms in total. The van der Waals surface area contributed by atoms with Gasteiger partial charge in [0.15, 0.2) is 5.82 Å². The molecule has 1 aromatic carbocycles. The normalized spacial score (nSPS) is 25.8. The molecule has 1 aliphatic rings. The fraction of sp³-hybridized carbons (Fsp3) is 0.455. The molecule has 1 aliphatic heterocycles. The first kappa shape index (κ1) is 12.1. The lowest BCUT2D eigenvalue weighted by atomic mass is 9.99. The Morgan fingerprint density at radius 1 is 1.31 bits per heavy atom. The molecule has 2 atom stereocenters. The number of hydrogen-bond donors (Lipinski definition) is 1. The summed E-state index contributed by atoms with van der Waals surface area (Å²) in [5.74, 6) is -0.622. The number of ether oxygens (including phenoxy) is 1. The van der Waals surface area contributed by atoms with Crippen LogP contribution in [0.5, 0.6) is 0 Å². The molecule has 0 radical (unpaired) electrons. The van der Waals surface area contributed by atoms with Gasteiger partial charge in [0.25, 0.3) is 0 Å². The minimum absolute atomic E-state index is 0.0221. The van der Waals surface area contributed by atoms with E-state index in [1.807, 2.05) is 0 Å². The molecule has 88 valence electrons. The topological polar surface area (TPSA) is 29.5 Å². The van der Waals surface area contributed by atoms with Gasteiger partial charge in [0, 0.05) is 13.0 Å². The van der Waals surface area contributed by atoms with E-state index in [1.165, 1.54) is 12.1 Å². The average molecular weight is 265 g/mol. The number of rotatable bonds is 1. The molecule has 2 rings (SSSR count). The summed E-state index contributed by atoms with van der Waals surface area (Å²) in [6, 6.07) is 2.98. The molecular weight excluding hydrogens is 254 g/mol. The Bertz CT molecular complexity index is 375. The summed E-state index contributed by atoms with van der Waals surface area (Å²) in [5.41, 5.74) is 0.704. The first-order valence-corrected chi connectivity index (χ1v) is 5.77. The monoisotopic (exact) mass is 264 g/mol. The minimum atomic E-state index is -0.622. The van der Waals surface area contributed by atoms with Crippen LogP contribution in [0, 0.1) is 5.82 Å². The maximum atomic E-state index is 13.2. The number of aliphatic hydroxyl groups excluding tert-OH is 1. The fourth-order valence-corrected chi connectivity index (χ4v) is 2.28. The summed E-state index contributed by atoms with van der Waals surface area (Å²) < 4.78 is 18.7. The third kappa shape index (κ3) is 2.48. The molecule has 1 aromatic rings. The van der Waals surface area contributed by atoms with Gasteiger partial charge in [-0.05, 0) is 24.1 Å². The van der Waals surface area contributed by atoms with Crippen molar-refractivity contribution in [1.82, 2.24) is 0 Å². The van der Waals surface area contributed by atoms with Crippen molar-refractivity contribution in [3.8, 4) is 0 Å². The Morgan fingerprint density at radius 2 is 1.94 bits per heavy atom. The van der Waals surface area contributed by atoms with Crippen molar-refractivity contribution in [2.45, 2.75) is 25.0 Å². The third-order valence-corrected chi connectivity index (χ3v) is 3.18. The lowest BCUT2D eigenvalue weighted by molar-refractivity contribution is -0.0448. The van der Waals surface area contributed by atoms with Crippen molar-refractivity contribution in [2.24, 2.45) is 0 Å². The Labute approximate surface area is 103 Å². The molecule has 0 spiro atoms. The van der Waals surface area contributed by atoms with Crippen LogP contribution in [-0.4, -0.2) is 17.8 Å². The summed E-state index contributed by atoms with van der Waals surface area (Å²) in [5, 5.41) is 9.47. The molecule has 1 heterocycles.